The number of rotatable bonds is 6. The Balaban J connectivity index is 2.03. The Bertz CT molecular complexity index is 569. The Kier molecular flexibility index (Phi) is 4.55. The molecule has 0 aliphatic rings. The first kappa shape index (κ1) is 14.3. The molecule has 0 saturated heterocycles. The number of hydrogen-bond donors (Lipinski definition) is 1. The average molecular weight is 281 g/mol. The third-order valence-electron chi connectivity index (χ3n) is 2.87. The molecule has 108 valence electrons. The molecule has 2 aromatic rings. The molecular weight excluding hydrogens is 264 g/mol. The van der Waals surface area contributed by atoms with E-state index in [0.29, 0.717) is 6.54 Å². The van der Waals surface area contributed by atoms with Gasteiger partial charge in [-0.15, -0.1) is 0 Å². The van der Waals surface area contributed by atoms with Crippen molar-refractivity contribution in [2.45, 2.75) is 26.5 Å². The van der Waals surface area contributed by atoms with Crippen molar-refractivity contribution in [1.29, 1.82) is 0 Å². The van der Waals surface area contributed by atoms with Crippen LogP contribution in [0.2, 0.25) is 0 Å². The van der Waals surface area contributed by atoms with Crippen LogP contribution in [-0.4, -0.2) is 16.4 Å². The highest BCUT2D eigenvalue weighted by atomic mass is 19.3. The highest BCUT2D eigenvalue weighted by molar-refractivity contribution is 5.48. The molecule has 1 aromatic carbocycles. The molecule has 1 aromatic heterocycles. The van der Waals surface area contributed by atoms with Gasteiger partial charge in [0, 0.05) is 37.1 Å². The smallest absolute Gasteiger partial charge is 0.387 e. The molecule has 0 unspecified atom stereocenters. The van der Waals surface area contributed by atoms with Crippen LogP contribution < -0.4 is 10.1 Å². The highest BCUT2D eigenvalue weighted by Crippen LogP contribution is 2.20. The third-order valence-corrected chi connectivity index (χ3v) is 2.87. The quantitative estimate of drug-likeness (QED) is 0.883. The monoisotopic (exact) mass is 281 g/mol. The number of anilines is 1. The van der Waals surface area contributed by atoms with Crippen LogP contribution in [0.15, 0.2) is 30.5 Å². The number of aryl methyl sites for hydroxylation is 2. The van der Waals surface area contributed by atoms with E-state index in [0.717, 1.165) is 23.4 Å². The Morgan fingerprint density at radius 2 is 2.20 bits per heavy atom. The maximum absolute atomic E-state index is 12.2. The molecule has 2 rings (SSSR count). The lowest BCUT2D eigenvalue weighted by molar-refractivity contribution is -0.0498. The molecule has 4 nitrogen and oxygen atoms in total. The zero-order chi connectivity index (χ0) is 14.5. The van der Waals surface area contributed by atoms with Gasteiger partial charge in [0.05, 0.1) is 5.69 Å². The second-order valence-corrected chi connectivity index (χ2v) is 4.39. The van der Waals surface area contributed by atoms with E-state index in [1.165, 1.54) is 6.07 Å². The molecule has 20 heavy (non-hydrogen) atoms. The standard InChI is InChI=1S/C14H17F2N3O/c1-3-13-10(9-19(2)18-13)8-17-11-5-4-6-12(7-11)20-14(15)16/h4-7,9,14,17H,3,8H2,1-2H3. The molecule has 0 atom stereocenters. The van der Waals surface area contributed by atoms with E-state index < -0.39 is 6.61 Å². The number of halogens is 2. The molecule has 0 bridgehead atoms. The third kappa shape index (κ3) is 3.69. The number of aromatic nitrogens is 2. The first-order chi connectivity index (χ1) is 9.58. The van der Waals surface area contributed by atoms with Gasteiger partial charge in [0.25, 0.3) is 0 Å². The first-order valence-corrected chi connectivity index (χ1v) is 6.38. The van der Waals surface area contributed by atoms with E-state index in [2.05, 4.69) is 15.2 Å². The van der Waals surface area contributed by atoms with Gasteiger partial charge < -0.3 is 10.1 Å². The van der Waals surface area contributed by atoms with Gasteiger partial charge in [-0.05, 0) is 18.6 Å². The van der Waals surface area contributed by atoms with Gasteiger partial charge in [0.2, 0.25) is 0 Å². The van der Waals surface area contributed by atoms with Crippen LogP contribution in [0.3, 0.4) is 0 Å². The molecule has 0 aliphatic heterocycles. The minimum atomic E-state index is -2.81. The van der Waals surface area contributed by atoms with E-state index in [9.17, 15) is 8.78 Å². The van der Waals surface area contributed by atoms with Gasteiger partial charge >= 0.3 is 6.61 Å². The van der Waals surface area contributed by atoms with Crippen molar-refractivity contribution in [2.75, 3.05) is 5.32 Å². The number of alkyl halides is 2. The van der Waals surface area contributed by atoms with Crippen LogP contribution in [0.4, 0.5) is 14.5 Å². The van der Waals surface area contributed by atoms with Crippen LogP contribution in [-0.2, 0) is 20.0 Å². The van der Waals surface area contributed by atoms with Gasteiger partial charge in [-0.25, -0.2) is 0 Å². The minimum absolute atomic E-state index is 0.145. The van der Waals surface area contributed by atoms with Crippen molar-refractivity contribution in [3.05, 3.63) is 41.7 Å². The van der Waals surface area contributed by atoms with Crippen molar-refractivity contribution in [3.8, 4) is 5.75 Å². The van der Waals surface area contributed by atoms with E-state index in [-0.39, 0.29) is 5.75 Å². The summed E-state index contributed by atoms with van der Waals surface area (Å²) in [6.07, 6.45) is 2.80. The maximum atomic E-state index is 12.2. The first-order valence-electron chi connectivity index (χ1n) is 6.38. The highest BCUT2D eigenvalue weighted by Gasteiger charge is 2.07. The summed E-state index contributed by atoms with van der Waals surface area (Å²) in [5, 5.41) is 7.54. The Morgan fingerprint density at radius 1 is 1.40 bits per heavy atom. The van der Waals surface area contributed by atoms with Crippen molar-refractivity contribution in [1.82, 2.24) is 9.78 Å². The predicted molar refractivity (Wildman–Crippen MR) is 73.0 cm³/mol. The van der Waals surface area contributed by atoms with Gasteiger partial charge in [-0.2, -0.15) is 13.9 Å². The van der Waals surface area contributed by atoms with Crippen molar-refractivity contribution in [2.24, 2.45) is 7.05 Å². The molecule has 6 heteroatoms. The molecule has 1 N–H and O–H groups in total. The second kappa shape index (κ2) is 6.36. The lowest BCUT2D eigenvalue weighted by Gasteiger charge is -2.09. The van der Waals surface area contributed by atoms with Crippen molar-refractivity contribution >= 4 is 5.69 Å². The fourth-order valence-electron chi connectivity index (χ4n) is 2.01. The summed E-state index contributed by atoms with van der Waals surface area (Å²) in [6.45, 7) is -0.173. The second-order valence-electron chi connectivity index (χ2n) is 4.39. The number of nitrogens with one attached hydrogen (secondary N) is 1. The molecule has 0 fully saturated rings. The zero-order valence-corrected chi connectivity index (χ0v) is 11.4. The summed E-state index contributed by atoms with van der Waals surface area (Å²) in [5.74, 6) is 0.145. The Hall–Kier alpha value is -2.11. The lowest BCUT2D eigenvalue weighted by Crippen LogP contribution is -2.04. The summed E-state index contributed by atoms with van der Waals surface area (Å²) in [7, 11) is 1.87. The Labute approximate surface area is 116 Å². The van der Waals surface area contributed by atoms with Crippen LogP contribution in [0.1, 0.15) is 18.2 Å². The molecule has 0 amide bonds. The number of hydrogen-bond acceptors (Lipinski definition) is 3. The molecule has 0 aliphatic carbocycles. The minimum Gasteiger partial charge on any atom is -0.435 e. The topological polar surface area (TPSA) is 39.1 Å². The summed E-state index contributed by atoms with van der Waals surface area (Å²) in [4.78, 5) is 0. The predicted octanol–water partition coefficient (Wildman–Crippen LogP) is 3.20. The molecule has 1 heterocycles. The van der Waals surface area contributed by atoms with E-state index in [1.807, 2.05) is 20.2 Å². The largest absolute Gasteiger partial charge is 0.435 e. The Morgan fingerprint density at radius 3 is 2.90 bits per heavy atom. The molecule has 0 spiro atoms. The van der Waals surface area contributed by atoms with Gasteiger partial charge in [-0.1, -0.05) is 13.0 Å². The van der Waals surface area contributed by atoms with E-state index >= 15 is 0 Å². The van der Waals surface area contributed by atoms with Crippen LogP contribution in [0.25, 0.3) is 0 Å². The fraction of sp³-hybridized carbons (Fsp3) is 0.357. The number of ether oxygens (including phenoxy) is 1. The van der Waals surface area contributed by atoms with Gasteiger partial charge in [0.15, 0.2) is 0 Å². The summed E-state index contributed by atoms with van der Waals surface area (Å²) < 4.78 is 30.4. The van der Waals surface area contributed by atoms with Crippen LogP contribution >= 0.6 is 0 Å². The summed E-state index contributed by atoms with van der Waals surface area (Å²) >= 11 is 0. The molecular formula is C14H17F2N3O. The normalized spacial score (nSPS) is 10.8. The molecule has 0 saturated carbocycles. The van der Waals surface area contributed by atoms with E-state index in [1.54, 1.807) is 22.9 Å². The van der Waals surface area contributed by atoms with Crippen LogP contribution in [0.5, 0.6) is 5.75 Å². The molecule has 0 radical (unpaired) electrons. The SMILES string of the molecule is CCc1nn(C)cc1CNc1cccc(OC(F)F)c1. The van der Waals surface area contributed by atoms with E-state index in [4.69, 9.17) is 0 Å². The number of nitrogens with zero attached hydrogens (tertiary/aromatic N) is 2. The van der Waals surface area contributed by atoms with Crippen molar-refractivity contribution < 1.29 is 13.5 Å². The summed E-state index contributed by atoms with van der Waals surface area (Å²) in [5.41, 5.74) is 2.85. The fourth-order valence-corrected chi connectivity index (χ4v) is 2.01. The maximum Gasteiger partial charge on any atom is 0.387 e. The van der Waals surface area contributed by atoms with Crippen molar-refractivity contribution in [3.63, 3.8) is 0 Å². The lowest BCUT2D eigenvalue weighted by atomic mass is 10.2. The van der Waals surface area contributed by atoms with Gasteiger partial charge in [-0.3, -0.25) is 4.68 Å². The average Bonchev–Trinajstić information content (AvgIpc) is 2.76. The number of benzene rings is 1. The van der Waals surface area contributed by atoms with Gasteiger partial charge in [0.1, 0.15) is 5.75 Å². The summed E-state index contributed by atoms with van der Waals surface area (Å²) in [6, 6.07) is 6.53. The van der Waals surface area contributed by atoms with Crippen LogP contribution in [0, 0.1) is 0 Å². The zero-order valence-electron chi connectivity index (χ0n) is 11.4.